The van der Waals surface area contributed by atoms with Crippen LogP contribution >= 0.6 is 0 Å². The standard InChI is InChI=1S/C17H19NO2S/c1-15-8-6-7-11-17(15)14-18(2)21(19,20)13-12-16-9-4-3-5-10-16/h3-13H,14H2,1-2H3/b13-12+. The summed E-state index contributed by atoms with van der Waals surface area (Å²) in [5, 5.41) is 1.25. The normalized spacial score (nSPS) is 12.1. The predicted molar refractivity (Wildman–Crippen MR) is 87.0 cm³/mol. The molecule has 3 nitrogen and oxygen atoms in total. The zero-order valence-electron chi connectivity index (χ0n) is 12.2. The Hall–Kier alpha value is -1.91. The van der Waals surface area contributed by atoms with Crippen molar-refractivity contribution in [1.82, 2.24) is 4.31 Å². The van der Waals surface area contributed by atoms with Gasteiger partial charge in [0, 0.05) is 19.0 Å². The average Bonchev–Trinajstić information content (AvgIpc) is 2.48. The second-order valence-corrected chi connectivity index (χ2v) is 6.87. The molecule has 0 N–H and O–H groups in total. The number of benzene rings is 2. The number of hydrogen-bond acceptors (Lipinski definition) is 2. The van der Waals surface area contributed by atoms with Crippen LogP contribution in [0.3, 0.4) is 0 Å². The Balaban J connectivity index is 2.12. The van der Waals surface area contributed by atoms with Crippen LogP contribution in [0.4, 0.5) is 0 Å². The molecule has 0 fully saturated rings. The molecule has 0 unspecified atom stereocenters. The van der Waals surface area contributed by atoms with E-state index in [9.17, 15) is 8.42 Å². The van der Waals surface area contributed by atoms with Crippen LogP contribution in [0.2, 0.25) is 0 Å². The molecular formula is C17H19NO2S. The van der Waals surface area contributed by atoms with Crippen molar-refractivity contribution >= 4 is 16.1 Å². The van der Waals surface area contributed by atoms with Gasteiger partial charge in [0.25, 0.3) is 0 Å². The van der Waals surface area contributed by atoms with Crippen molar-refractivity contribution in [3.8, 4) is 0 Å². The first kappa shape index (κ1) is 15.5. The molecule has 2 rings (SSSR count). The molecule has 0 heterocycles. The zero-order chi connectivity index (χ0) is 15.3. The Bertz CT molecular complexity index is 721. The van der Waals surface area contributed by atoms with Gasteiger partial charge in [0.05, 0.1) is 0 Å². The van der Waals surface area contributed by atoms with Crippen LogP contribution in [-0.4, -0.2) is 19.8 Å². The van der Waals surface area contributed by atoms with Gasteiger partial charge in [-0.1, -0.05) is 54.6 Å². The third-order valence-corrected chi connectivity index (χ3v) is 4.80. The van der Waals surface area contributed by atoms with Crippen molar-refractivity contribution in [1.29, 1.82) is 0 Å². The molecule has 0 saturated carbocycles. The fraction of sp³-hybridized carbons (Fsp3) is 0.176. The highest BCUT2D eigenvalue weighted by Crippen LogP contribution is 2.13. The van der Waals surface area contributed by atoms with E-state index in [1.54, 1.807) is 13.1 Å². The molecule has 0 saturated heterocycles. The van der Waals surface area contributed by atoms with Gasteiger partial charge in [-0.25, -0.2) is 8.42 Å². The van der Waals surface area contributed by atoms with Gasteiger partial charge in [0.2, 0.25) is 10.0 Å². The molecule has 0 aliphatic heterocycles. The maximum atomic E-state index is 12.3. The van der Waals surface area contributed by atoms with Crippen molar-refractivity contribution in [2.24, 2.45) is 0 Å². The van der Waals surface area contributed by atoms with E-state index in [2.05, 4.69) is 0 Å². The third kappa shape index (κ3) is 4.28. The van der Waals surface area contributed by atoms with Gasteiger partial charge in [0.15, 0.2) is 0 Å². The van der Waals surface area contributed by atoms with Crippen LogP contribution in [0.1, 0.15) is 16.7 Å². The lowest BCUT2D eigenvalue weighted by Gasteiger charge is -2.16. The number of nitrogens with zero attached hydrogens (tertiary/aromatic N) is 1. The molecule has 0 aromatic heterocycles. The first-order valence-corrected chi connectivity index (χ1v) is 8.23. The van der Waals surface area contributed by atoms with Crippen molar-refractivity contribution < 1.29 is 8.42 Å². The summed E-state index contributed by atoms with van der Waals surface area (Å²) < 4.78 is 25.9. The van der Waals surface area contributed by atoms with Crippen molar-refractivity contribution in [2.45, 2.75) is 13.5 Å². The van der Waals surface area contributed by atoms with Crippen LogP contribution in [0, 0.1) is 6.92 Å². The first-order valence-electron chi connectivity index (χ1n) is 6.73. The van der Waals surface area contributed by atoms with E-state index in [0.717, 1.165) is 16.7 Å². The molecule has 21 heavy (non-hydrogen) atoms. The highest BCUT2D eigenvalue weighted by molar-refractivity contribution is 7.92. The number of aryl methyl sites for hydroxylation is 1. The minimum absolute atomic E-state index is 0.369. The summed E-state index contributed by atoms with van der Waals surface area (Å²) in [4.78, 5) is 0. The lowest BCUT2D eigenvalue weighted by Crippen LogP contribution is -2.24. The van der Waals surface area contributed by atoms with E-state index in [-0.39, 0.29) is 0 Å². The van der Waals surface area contributed by atoms with Gasteiger partial charge in [-0.3, -0.25) is 0 Å². The molecule has 0 aliphatic carbocycles. The minimum atomic E-state index is -3.42. The molecule has 0 radical (unpaired) electrons. The SMILES string of the molecule is Cc1ccccc1CN(C)S(=O)(=O)/C=C/c1ccccc1. The fourth-order valence-corrected chi connectivity index (χ4v) is 2.81. The van der Waals surface area contributed by atoms with E-state index in [4.69, 9.17) is 0 Å². The molecule has 0 atom stereocenters. The van der Waals surface area contributed by atoms with Crippen molar-refractivity contribution in [3.05, 3.63) is 76.7 Å². The van der Waals surface area contributed by atoms with Gasteiger partial charge in [-0.05, 0) is 29.7 Å². The molecule has 0 spiro atoms. The average molecular weight is 301 g/mol. The van der Waals surface area contributed by atoms with Gasteiger partial charge >= 0.3 is 0 Å². The molecule has 110 valence electrons. The van der Waals surface area contributed by atoms with Crippen LogP contribution in [0.25, 0.3) is 6.08 Å². The Morgan fingerprint density at radius 3 is 2.29 bits per heavy atom. The van der Waals surface area contributed by atoms with Gasteiger partial charge in [0.1, 0.15) is 0 Å². The Labute approximate surface area is 126 Å². The summed E-state index contributed by atoms with van der Waals surface area (Å²) in [7, 11) is -1.83. The number of hydrogen-bond donors (Lipinski definition) is 0. The largest absolute Gasteiger partial charge is 0.236 e. The Morgan fingerprint density at radius 2 is 1.62 bits per heavy atom. The highest BCUT2D eigenvalue weighted by Gasteiger charge is 2.15. The van der Waals surface area contributed by atoms with Crippen molar-refractivity contribution in [2.75, 3.05) is 7.05 Å². The summed E-state index contributed by atoms with van der Waals surface area (Å²) in [6.45, 7) is 2.35. The zero-order valence-corrected chi connectivity index (χ0v) is 13.0. The summed E-state index contributed by atoms with van der Waals surface area (Å²) in [5.41, 5.74) is 2.97. The van der Waals surface area contributed by atoms with Crippen LogP contribution in [-0.2, 0) is 16.6 Å². The second kappa shape index (κ2) is 6.70. The summed E-state index contributed by atoms with van der Waals surface area (Å²) in [6, 6.07) is 17.2. The van der Waals surface area contributed by atoms with E-state index in [1.807, 2.05) is 61.5 Å². The monoisotopic (exact) mass is 301 g/mol. The van der Waals surface area contributed by atoms with Crippen LogP contribution in [0.15, 0.2) is 60.0 Å². The smallest absolute Gasteiger partial charge is 0.208 e. The molecule has 4 heteroatoms. The van der Waals surface area contributed by atoms with Gasteiger partial charge < -0.3 is 0 Å². The van der Waals surface area contributed by atoms with Crippen LogP contribution in [0.5, 0.6) is 0 Å². The maximum absolute atomic E-state index is 12.3. The van der Waals surface area contributed by atoms with Crippen molar-refractivity contribution in [3.63, 3.8) is 0 Å². The second-order valence-electron chi connectivity index (χ2n) is 4.94. The minimum Gasteiger partial charge on any atom is -0.208 e. The summed E-state index contributed by atoms with van der Waals surface area (Å²) in [5.74, 6) is 0. The number of sulfonamides is 1. The lowest BCUT2D eigenvalue weighted by molar-refractivity contribution is 0.474. The quantitative estimate of drug-likeness (QED) is 0.848. The lowest BCUT2D eigenvalue weighted by atomic mass is 10.1. The predicted octanol–water partition coefficient (Wildman–Crippen LogP) is 3.43. The topological polar surface area (TPSA) is 37.4 Å². The van der Waals surface area contributed by atoms with Crippen LogP contribution < -0.4 is 0 Å². The molecule has 2 aromatic carbocycles. The number of rotatable bonds is 5. The van der Waals surface area contributed by atoms with E-state index in [1.165, 1.54) is 9.71 Å². The fourth-order valence-electron chi connectivity index (χ4n) is 1.95. The maximum Gasteiger partial charge on any atom is 0.236 e. The molecule has 0 aliphatic rings. The third-order valence-electron chi connectivity index (χ3n) is 3.32. The molecule has 2 aromatic rings. The molecule has 0 bridgehead atoms. The first-order chi connectivity index (χ1) is 9.99. The van der Waals surface area contributed by atoms with E-state index < -0.39 is 10.0 Å². The molecular weight excluding hydrogens is 282 g/mol. The Kier molecular flexibility index (Phi) is 4.94. The molecule has 0 amide bonds. The van der Waals surface area contributed by atoms with E-state index >= 15 is 0 Å². The van der Waals surface area contributed by atoms with Gasteiger partial charge in [-0.15, -0.1) is 0 Å². The Morgan fingerprint density at radius 1 is 1.00 bits per heavy atom. The van der Waals surface area contributed by atoms with E-state index in [0.29, 0.717) is 6.54 Å². The summed E-state index contributed by atoms with van der Waals surface area (Å²) in [6.07, 6.45) is 1.61. The van der Waals surface area contributed by atoms with Gasteiger partial charge in [-0.2, -0.15) is 4.31 Å². The summed E-state index contributed by atoms with van der Waals surface area (Å²) >= 11 is 0. The highest BCUT2D eigenvalue weighted by atomic mass is 32.2.